The van der Waals surface area contributed by atoms with Crippen LogP contribution in [0.15, 0.2) is 49.1 Å². The topological polar surface area (TPSA) is 343 Å². The monoisotopic (exact) mass is 813 g/mol. The summed E-state index contributed by atoms with van der Waals surface area (Å²) >= 11 is 12.1. The van der Waals surface area contributed by atoms with Gasteiger partial charge in [0.15, 0.2) is 29.9 Å². The van der Waals surface area contributed by atoms with Crippen LogP contribution < -0.4 is 17.2 Å². The Kier molecular flexibility index (Phi) is 11.1. The summed E-state index contributed by atoms with van der Waals surface area (Å²) in [7, 11) is -17.4. The second kappa shape index (κ2) is 14.7. The van der Waals surface area contributed by atoms with Gasteiger partial charge in [0.05, 0.1) is 24.1 Å². The summed E-state index contributed by atoms with van der Waals surface area (Å²) in [5, 5.41) is 0.166. The first-order valence-corrected chi connectivity index (χ1v) is 18.9. The summed E-state index contributed by atoms with van der Waals surface area (Å²) in [6.45, 7) is -1.17. The number of phosphoric ester groups is 1. The van der Waals surface area contributed by atoms with Crippen LogP contribution >= 0.6 is 46.7 Å². The van der Waals surface area contributed by atoms with E-state index < -0.39 is 66.6 Å². The van der Waals surface area contributed by atoms with Crippen LogP contribution in [0.2, 0.25) is 10.0 Å². The van der Waals surface area contributed by atoms with Gasteiger partial charge in [0.25, 0.3) is 0 Å². The smallest absolute Gasteiger partial charge is 0.452 e. The lowest BCUT2D eigenvalue weighted by atomic mass is 10.1. The summed E-state index contributed by atoms with van der Waals surface area (Å²) in [5.74, 6) is -2.36. The summed E-state index contributed by atoms with van der Waals surface area (Å²) in [5.41, 5.74) is 17.2. The van der Waals surface area contributed by atoms with E-state index in [9.17, 15) is 33.1 Å². The largest absolute Gasteiger partial charge is 0.490 e. The van der Waals surface area contributed by atoms with E-state index in [1.165, 1.54) is 34.9 Å². The van der Waals surface area contributed by atoms with Crippen molar-refractivity contribution in [2.45, 2.75) is 24.5 Å². The molecule has 10 N–H and O–H groups in total. The van der Waals surface area contributed by atoms with Crippen molar-refractivity contribution in [3.8, 4) is 0 Å². The van der Waals surface area contributed by atoms with Crippen LogP contribution in [0.3, 0.4) is 0 Å². The molecule has 2 aromatic carbocycles. The lowest BCUT2D eigenvalue weighted by Gasteiger charge is -2.25. The number of imidazole rings is 1. The molecule has 1 fully saturated rings. The van der Waals surface area contributed by atoms with Gasteiger partial charge in [-0.2, -0.15) is 8.62 Å². The predicted molar refractivity (Wildman–Crippen MR) is 174 cm³/mol. The number of nitrogens with two attached hydrogens (primary N) is 3. The highest BCUT2D eigenvalue weighted by Gasteiger charge is 2.53. The maximum absolute atomic E-state index is 13.6. The molecular formula is C24H24Cl2N7O15P3. The fourth-order valence-corrected chi connectivity index (χ4v) is 8.02. The van der Waals surface area contributed by atoms with E-state index in [2.05, 4.69) is 23.6 Å². The highest BCUT2D eigenvalue weighted by atomic mass is 35.5. The number of ether oxygens (including phenoxy) is 3. The van der Waals surface area contributed by atoms with E-state index in [1.54, 1.807) is 0 Å². The molecule has 5 rings (SSSR count). The molecule has 1 aliphatic heterocycles. The third kappa shape index (κ3) is 9.21. The van der Waals surface area contributed by atoms with E-state index >= 15 is 0 Å². The van der Waals surface area contributed by atoms with Crippen LogP contribution in [0.5, 0.6) is 0 Å². The fourth-order valence-electron chi connectivity index (χ4n) is 4.65. The molecule has 0 radical (unpaired) electrons. The van der Waals surface area contributed by atoms with E-state index in [1.807, 2.05) is 0 Å². The SMILES string of the molecule is Nc1ccc(Cl)cc1C(=O)OC1C(COP(=O)(O)OP(=O)(O)OP(=O)(O)O)OC(n2cnc3c(N)ncnc32)C1OC(=O)c1cc(Cl)ccc1N. The molecule has 0 amide bonds. The Balaban J connectivity index is 1.56. The Morgan fingerprint density at radius 1 is 0.824 bits per heavy atom. The van der Waals surface area contributed by atoms with Gasteiger partial charge < -0.3 is 51.0 Å². The van der Waals surface area contributed by atoms with Crippen molar-refractivity contribution in [3.05, 3.63) is 70.2 Å². The summed E-state index contributed by atoms with van der Waals surface area (Å²) in [4.78, 5) is 76.6. The number of nitrogen functional groups attached to an aromatic ring is 3. The van der Waals surface area contributed by atoms with Gasteiger partial charge in [-0.15, -0.1) is 0 Å². The van der Waals surface area contributed by atoms with Crippen LogP contribution in [0.25, 0.3) is 11.2 Å². The number of hydrogen-bond donors (Lipinski definition) is 7. The number of nitrogens with zero attached hydrogens (tertiary/aromatic N) is 4. The number of halogens is 2. The molecule has 1 aliphatic rings. The number of phosphoric acid groups is 3. The van der Waals surface area contributed by atoms with Gasteiger partial charge in [-0.05, 0) is 36.4 Å². The molecule has 0 aliphatic carbocycles. The lowest BCUT2D eigenvalue weighted by molar-refractivity contribution is -0.0558. The Morgan fingerprint density at radius 3 is 1.96 bits per heavy atom. The van der Waals surface area contributed by atoms with Gasteiger partial charge in [0.1, 0.15) is 17.9 Å². The van der Waals surface area contributed by atoms with Crippen molar-refractivity contribution in [2.24, 2.45) is 0 Å². The molecule has 6 atom stereocenters. The number of aromatic nitrogens is 4. The number of carbonyl (C=O) groups excluding carboxylic acids is 2. The lowest BCUT2D eigenvalue weighted by Crippen LogP contribution is -2.41. The zero-order chi connectivity index (χ0) is 37.5. The van der Waals surface area contributed by atoms with Gasteiger partial charge in [0, 0.05) is 21.4 Å². The van der Waals surface area contributed by atoms with E-state index in [0.29, 0.717) is 0 Å². The van der Waals surface area contributed by atoms with Gasteiger partial charge in [0.2, 0.25) is 0 Å². The van der Waals surface area contributed by atoms with Crippen LogP contribution in [-0.2, 0) is 41.1 Å². The Labute approximate surface area is 294 Å². The molecule has 0 spiro atoms. The van der Waals surface area contributed by atoms with Gasteiger partial charge in [-0.25, -0.2) is 38.2 Å². The first-order chi connectivity index (χ1) is 23.7. The van der Waals surface area contributed by atoms with Gasteiger partial charge in [-0.3, -0.25) is 9.09 Å². The standard InChI is InChI=1S/C24H24Cl2N7O15P3/c25-10-1-3-14(27)12(5-10)23(34)45-18-16(7-43-50(39,40)48-51(41,42)47-49(36,37)38)44-22(33-9-32-17-20(29)30-8-31-21(17)33)19(18)46-24(35)13-6-11(26)2-4-15(13)28/h1-6,8-9,16,18-19,22H,7,27-28H2,(H,39,40)(H,41,42)(H2,29,30,31)(H2,36,37,38). The molecule has 0 saturated carbocycles. The number of carbonyl (C=O) groups is 2. The molecule has 3 heterocycles. The normalized spacial score (nSPS) is 21.5. The molecule has 27 heteroatoms. The summed E-state index contributed by atoms with van der Waals surface area (Å²) in [6, 6.07) is 7.73. The third-order valence-corrected chi connectivity index (χ3v) is 11.0. The first kappa shape index (κ1) is 38.5. The molecule has 1 saturated heterocycles. The van der Waals surface area contributed by atoms with Gasteiger partial charge in [-0.1, -0.05) is 23.2 Å². The third-order valence-electron chi connectivity index (χ3n) is 6.72. The zero-order valence-corrected chi connectivity index (χ0v) is 29.2. The minimum absolute atomic E-state index is 0.00789. The first-order valence-electron chi connectivity index (χ1n) is 13.6. The van der Waals surface area contributed by atoms with Crippen molar-refractivity contribution >= 4 is 87.0 Å². The number of anilines is 3. The molecular weight excluding hydrogens is 790 g/mol. The van der Waals surface area contributed by atoms with Crippen LogP contribution in [-0.4, -0.2) is 76.0 Å². The molecule has 2 aromatic heterocycles. The predicted octanol–water partition coefficient (Wildman–Crippen LogP) is 2.57. The van der Waals surface area contributed by atoms with E-state index in [-0.39, 0.29) is 49.5 Å². The van der Waals surface area contributed by atoms with Crippen LogP contribution in [0, 0.1) is 0 Å². The van der Waals surface area contributed by atoms with Crippen molar-refractivity contribution in [1.29, 1.82) is 0 Å². The second-order valence-electron chi connectivity index (χ2n) is 10.2. The Bertz CT molecular complexity index is 2150. The maximum Gasteiger partial charge on any atom is 0.490 e. The Hall–Kier alpha value is -3.72. The quantitative estimate of drug-likeness (QED) is 0.0613. The Morgan fingerprint density at radius 2 is 1.39 bits per heavy atom. The zero-order valence-electron chi connectivity index (χ0n) is 25.0. The highest BCUT2D eigenvalue weighted by molar-refractivity contribution is 7.66. The maximum atomic E-state index is 13.6. The van der Waals surface area contributed by atoms with Crippen LogP contribution in [0.1, 0.15) is 26.9 Å². The molecule has 22 nitrogen and oxygen atoms in total. The average Bonchev–Trinajstić information content (AvgIpc) is 3.58. The highest BCUT2D eigenvalue weighted by Crippen LogP contribution is 2.66. The van der Waals surface area contributed by atoms with Gasteiger partial charge >= 0.3 is 35.4 Å². The number of fused-ring (bicyclic) bond motifs is 1. The van der Waals surface area contributed by atoms with Crippen molar-refractivity contribution < 1.29 is 70.2 Å². The molecule has 274 valence electrons. The van der Waals surface area contributed by atoms with E-state index in [4.69, 9.17) is 68.9 Å². The number of benzene rings is 2. The minimum atomic E-state index is -5.93. The minimum Gasteiger partial charge on any atom is -0.452 e. The average molecular weight is 814 g/mol. The fraction of sp³-hybridized carbons (Fsp3) is 0.208. The molecule has 6 unspecified atom stereocenters. The number of hydrogen-bond acceptors (Lipinski definition) is 17. The molecule has 4 aromatic rings. The van der Waals surface area contributed by atoms with Crippen molar-refractivity contribution in [3.63, 3.8) is 0 Å². The summed E-state index contributed by atoms with van der Waals surface area (Å²) in [6.07, 6.45) is -4.64. The van der Waals surface area contributed by atoms with E-state index in [0.717, 1.165) is 18.7 Å². The van der Waals surface area contributed by atoms with Crippen LogP contribution in [0.4, 0.5) is 17.2 Å². The van der Waals surface area contributed by atoms with Crippen molar-refractivity contribution in [1.82, 2.24) is 19.5 Å². The number of rotatable bonds is 12. The van der Waals surface area contributed by atoms with Crippen molar-refractivity contribution in [2.75, 3.05) is 23.8 Å². The molecule has 51 heavy (non-hydrogen) atoms. The molecule has 0 bridgehead atoms. The second-order valence-corrected chi connectivity index (χ2v) is 15.5. The number of esters is 2. The summed E-state index contributed by atoms with van der Waals surface area (Å²) < 4.78 is 66.6.